The highest BCUT2D eigenvalue weighted by atomic mass is 32.2. The molecule has 1 amide bonds. The molecule has 0 atom stereocenters. The van der Waals surface area contributed by atoms with Gasteiger partial charge in [-0.2, -0.15) is 0 Å². The molecule has 0 unspecified atom stereocenters. The van der Waals surface area contributed by atoms with Crippen LogP contribution in [0.3, 0.4) is 0 Å². The van der Waals surface area contributed by atoms with Crippen LogP contribution >= 0.6 is 0 Å². The number of benzene rings is 2. The molecule has 2 aromatic carbocycles. The van der Waals surface area contributed by atoms with Crippen LogP contribution in [0.25, 0.3) is 0 Å². The molecule has 1 N–H and O–H groups in total. The van der Waals surface area contributed by atoms with E-state index in [-0.39, 0.29) is 17.9 Å². The van der Waals surface area contributed by atoms with Crippen molar-refractivity contribution in [2.24, 2.45) is 0 Å². The Bertz CT molecular complexity index is 1050. The number of carbonyl (C=O) groups is 1. The molecule has 0 saturated carbocycles. The molecule has 0 bridgehead atoms. The minimum absolute atomic E-state index is 0.0814. The molecule has 0 spiro atoms. The number of nitrogens with zero attached hydrogens (tertiary/aromatic N) is 1. The van der Waals surface area contributed by atoms with E-state index in [1.807, 2.05) is 37.3 Å². The Labute approximate surface area is 191 Å². The van der Waals surface area contributed by atoms with Gasteiger partial charge in [0.2, 0.25) is 10.0 Å². The summed E-state index contributed by atoms with van der Waals surface area (Å²) in [5.74, 6) is -1.18. The van der Waals surface area contributed by atoms with Crippen molar-refractivity contribution in [1.29, 1.82) is 0 Å². The molecule has 0 aliphatic carbocycles. The highest BCUT2D eigenvalue weighted by molar-refractivity contribution is 7.89. The molecule has 33 heavy (non-hydrogen) atoms. The fourth-order valence-electron chi connectivity index (χ4n) is 4.15. The molecule has 1 fully saturated rings. The van der Waals surface area contributed by atoms with Crippen LogP contribution in [0.5, 0.6) is 5.75 Å². The molecule has 2 aromatic rings. The number of rotatable bonds is 8. The standard InChI is InChI=1S/C23H27F3N2O4S/c1-2-16-33(30,31)28-14-12-22(13-15-28,18-8-4-3-5-9-18)17-27-21(29)19-10-6-7-11-20(19)32-23(24,25)26/h3-11H,2,12-17H2,1H3,(H,27,29). The van der Waals surface area contributed by atoms with Crippen LogP contribution in [0.2, 0.25) is 0 Å². The lowest BCUT2D eigenvalue weighted by Gasteiger charge is -2.42. The van der Waals surface area contributed by atoms with Gasteiger partial charge in [0.15, 0.2) is 0 Å². The number of para-hydroxylation sites is 1. The van der Waals surface area contributed by atoms with Crippen molar-refractivity contribution >= 4 is 15.9 Å². The normalized spacial score (nSPS) is 16.8. The molecule has 0 radical (unpaired) electrons. The fraction of sp³-hybridized carbons (Fsp3) is 0.435. The van der Waals surface area contributed by atoms with E-state index in [1.165, 1.54) is 22.5 Å². The summed E-state index contributed by atoms with van der Waals surface area (Å²) in [6.45, 7) is 2.57. The Morgan fingerprint density at radius 3 is 2.27 bits per heavy atom. The average Bonchev–Trinajstić information content (AvgIpc) is 2.77. The van der Waals surface area contributed by atoms with E-state index < -0.39 is 33.5 Å². The Morgan fingerprint density at radius 2 is 1.67 bits per heavy atom. The lowest BCUT2D eigenvalue weighted by molar-refractivity contribution is -0.274. The molecule has 180 valence electrons. The number of halogens is 3. The highest BCUT2D eigenvalue weighted by Gasteiger charge is 2.40. The van der Waals surface area contributed by atoms with E-state index in [4.69, 9.17) is 0 Å². The number of piperidine rings is 1. The summed E-state index contributed by atoms with van der Waals surface area (Å²) >= 11 is 0. The molecule has 1 aliphatic rings. The third-order valence-electron chi connectivity index (χ3n) is 5.87. The van der Waals surface area contributed by atoms with Gasteiger partial charge in [-0.05, 0) is 37.0 Å². The number of hydrogen-bond donors (Lipinski definition) is 1. The van der Waals surface area contributed by atoms with Crippen LogP contribution < -0.4 is 10.1 Å². The van der Waals surface area contributed by atoms with Crippen LogP contribution in [0.15, 0.2) is 54.6 Å². The quantitative estimate of drug-likeness (QED) is 0.613. The molecular formula is C23H27F3N2O4S. The number of nitrogens with one attached hydrogen (secondary N) is 1. The molecular weight excluding hydrogens is 457 g/mol. The number of amides is 1. The van der Waals surface area contributed by atoms with Gasteiger partial charge in [0.05, 0.1) is 11.3 Å². The Kier molecular flexibility index (Phi) is 7.69. The third-order valence-corrected chi connectivity index (χ3v) is 7.94. The smallest absolute Gasteiger partial charge is 0.405 e. The van der Waals surface area contributed by atoms with Crippen LogP contribution in [0, 0.1) is 0 Å². The van der Waals surface area contributed by atoms with Crippen molar-refractivity contribution in [3.63, 3.8) is 0 Å². The SMILES string of the molecule is CCCS(=O)(=O)N1CCC(CNC(=O)c2ccccc2OC(F)(F)F)(c2ccccc2)CC1. The monoisotopic (exact) mass is 484 g/mol. The number of alkyl halides is 3. The lowest BCUT2D eigenvalue weighted by Crippen LogP contribution is -2.50. The minimum Gasteiger partial charge on any atom is -0.405 e. The van der Waals surface area contributed by atoms with Crippen molar-refractivity contribution in [1.82, 2.24) is 9.62 Å². The van der Waals surface area contributed by atoms with E-state index >= 15 is 0 Å². The second-order valence-corrected chi connectivity index (χ2v) is 10.2. The second-order valence-electron chi connectivity index (χ2n) is 8.09. The van der Waals surface area contributed by atoms with E-state index in [2.05, 4.69) is 10.1 Å². The highest BCUT2D eigenvalue weighted by Crippen LogP contribution is 2.36. The van der Waals surface area contributed by atoms with Crippen molar-refractivity contribution in [3.8, 4) is 5.75 Å². The fourth-order valence-corrected chi connectivity index (χ4v) is 5.66. The Balaban J connectivity index is 1.79. The predicted molar refractivity (Wildman–Crippen MR) is 118 cm³/mol. The maximum absolute atomic E-state index is 12.8. The summed E-state index contributed by atoms with van der Waals surface area (Å²) in [5, 5.41) is 2.76. The first-order valence-corrected chi connectivity index (χ1v) is 12.3. The van der Waals surface area contributed by atoms with Crippen molar-refractivity contribution < 1.29 is 31.1 Å². The van der Waals surface area contributed by atoms with Crippen molar-refractivity contribution in [3.05, 3.63) is 65.7 Å². The predicted octanol–water partition coefficient (Wildman–Crippen LogP) is 4.09. The Hall–Kier alpha value is -2.59. The van der Waals surface area contributed by atoms with Gasteiger partial charge < -0.3 is 10.1 Å². The van der Waals surface area contributed by atoms with E-state index in [9.17, 15) is 26.4 Å². The first-order chi connectivity index (χ1) is 15.6. The van der Waals surface area contributed by atoms with E-state index in [0.29, 0.717) is 32.4 Å². The third kappa shape index (κ3) is 6.26. The molecule has 0 aromatic heterocycles. The Morgan fingerprint density at radius 1 is 1.06 bits per heavy atom. The molecule has 1 heterocycles. The van der Waals surface area contributed by atoms with Gasteiger partial charge in [0, 0.05) is 25.0 Å². The molecule has 1 saturated heterocycles. The maximum Gasteiger partial charge on any atom is 0.573 e. The summed E-state index contributed by atoms with van der Waals surface area (Å²) < 4.78 is 68.6. The summed E-state index contributed by atoms with van der Waals surface area (Å²) in [7, 11) is -3.34. The van der Waals surface area contributed by atoms with Crippen LogP contribution in [-0.4, -0.2) is 50.4 Å². The molecule has 3 rings (SSSR count). The van der Waals surface area contributed by atoms with E-state index in [0.717, 1.165) is 11.6 Å². The zero-order valence-electron chi connectivity index (χ0n) is 18.3. The summed E-state index contributed by atoms with van der Waals surface area (Å²) in [5.41, 5.74) is 0.174. The first kappa shape index (κ1) is 25.0. The first-order valence-electron chi connectivity index (χ1n) is 10.7. The summed E-state index contributed by atoms with van der Waals surface area (Å²) in [6, 6.07) is 14.6. The van der Waals surface area contributed by atoms with Crippen LogP contribution in [0.1, 0.15) is 42.1 Å². The van der Waals surface area contributed by atoms with Gasteiger partial charge in [0.25, 0.3) is 5.91 Å². The van der Waals surface area contributed by atoms with Gasteiger partial charge in [-0.25, -0.2) is 12.7 Å². The van der Waals surface area contributed by atoms with Gasteiger partial charge in [-0.3, -0.25) is 4.79 Å². The summed E-state index contributed by atoms with van der Waals surface area (Å²) in [6.07, 6.45) is -3.45. The zero-order chi connectivity index (χ0) is 24.1. The van der Waals surface area contributed by atoms with Crippen LogP contribution in [-0.2, 0) is 15.4 Å². The van der Waals surface area contributed by atoms with Gasteiger partial charge in [0.1, 0.15) is 5.75 Å². The second kappa shape index (κ2) is 10.1. The van der Waals surface area contributed by atoms with Gasteiger partial charge >= 0.3 is 6.36 Å². The van der Waals surface area contributed by atoms with Crippen molar-refractivity contribution in [2.75, 3.05) is 25.4 Å². The lowest BCUT2D eigenvalue weighted by atomic mass is 9.73. The van der Waals surface area contributed by atoms with Gasteiger partial charge in [-0.15, -0.1) is 13.2 Å². The maximum atomic E-state index is 12.8. The van der Waals surface area contributed by atoms with E-state index in [1.54, 1.807) is 0 Å². The topological polar surface area (TPSA) is 75.7 Å². The van der Waals surface area contributed by atoms with Crippen LogP contribution in [0.4, 0.5) is 13.2 Å². The minimum atomic E-state index is -4.92. The van der Waals surface area contributed by atoms with Crippen molar-refractivity contribution in [2.45, 2.75) is 38.0 Å². The summed E-state index contributed by atoms with van der Waals surface area (Å²) in [4.78, 5) is 12.8. The number of ether oxygens (including phenoxy) is 1. The number of sulfonamides is 1. The van der Waals surface area contributed by atoms with Gasteiger partial charge in [-0.1, -0.05) is 49.4 Å². The molecule has 10 heteroatoms. The molecule has 6 nitrogen and oxygen atoms in total. The average molecular weight is 485 g/mol. The number of carbonyl (C=O) groups excluding carboxylic acids is 1. The largest absolute Gasteiger partial charge is 0.573 e. The molecule has 1 aliphatic heterocycles. The number of hydrogen-bond acceptors (Lipinski definition) is 4. The zero-order valence-corrected chi connectivity index (χ0v) is 19.1.